The number of likely N-dealkylation sites (N-methyl/N-ethyl adjacent to an activating group) is 1. The Bertz CT molecular complexity index is 1500. The number of fused-ring (bicyclic) bond motifs is 2. The molecule has 0 unspecified atom stereocenters. The molecule has 1 N–H and O–H groups in total. The van der Waals surface area contributed by atoms with Gasteiger partial charge >= 0.3 is 0 Å². The number of para-hydroxylation sites is 1. The first-order valence-electron chi connectivity index (χ1n) is 10.2. The minimum Gasteiger partial charge on any atom is -0.492 e. The Morgan fingerprint density at radius 3 is 2.53 bits per heavy atom. The van der Waals surface area contributed by atoms with Gasteiger partial charge in [0.25, 0.3) is 0 Å². The predicted octanol–water partition coefficient (Wildman–Crippen LogP) is 2.62. The summed E-state index contributed by atoms with van der Waals surface area (Å²) in [4.78, 5) is 11.2. The molecule has 0 radical (unpaired) electrons. The Morgan fingerprint density at radius 1 is 1.25 bits per heavy atom. The maximum Gasteiger partial charge on any atom is 0.233 e. The summed E-state index contributed by atoms with van der Waals surface area (Å²) >= 11 is 0. The average molecular weight is 425 g/mol. The molecular weight excluding hydrogens is 402 g/mol. The third-order valence-corrected chi connectivity index (χ3v) is 5.90. The van der Waals surface area contributed by atoms with Gasteiger partial charge in [0, 0.05) is 29.3 Å². The molecule has 1 aromatic carbocycles. The topological polar surface area (TPSA) is 114 Å². The molecule has 0 saturated carbocycles. The Hall–Kier alpha value is -4.17. The molecular formula is C24H23N7O. The quantitative estimate of drug-likeness (QED) is 0.632. The van der Waals surface area contributed by atoms with Gasteiger partial charge in [0.05, 0.1) is 5.70 Å². The van der Waals surface area contributed by atoms with Gasteiger partial charge in [0.2, 0.25) is 5.88 Å². The molecule has 0 bridgehead atoms. The Morgan fingerprint density at radius 2 is 1.94 bits per heavy atom. The number of aromatic hydroxyl groups is 1. The van der Waals surface area contributed by atoms with Crippen molar-refractivity contribution in [3.8, 4) is 18.0 Å². The van der Waals surface area contributed by atoms with Gasteiger partial charge in [-0.05, 0) is 11.6 Å². The zero-order valence-electron chi connectivity index (χ0n) is 18.7. The van der Waals surface area contributed by atoms with Gasteiger partial charge in [-0.1, -0.05) is 52.5 Å². The van der Waals surface area contributed by atoms with E-state index in [1.165, 1.54) is 4.52 Å². The third kappa shape index (κ3) is 2.84. The molecule has 1 aliphatic rings. The molecule has 8 nitrogen and oxygen atoms in total. The van der Waals surface area contributed by atoms with Gasteiger partial charge in [-0.15, -0.1) is 5.10 Å². The van der Waals surface area contributed by atoms with Gasteiger partial charge in [0.15, 0.2) is 17.2 Å². The van der Waals surface area contributed by atoms with Crippen molar-refractivity contribution in [2.45, 2.75) is 39.0 Å². The van der Waals surface area contributed by atoms with Gasteiger partial charge in [-0.2, -0.15) is 15.0 Å². The maximum absolute atomic E-state index is 10.6. The van der Waals surface area contributed by atoms with E-state index in [2.05, 4.69) is 27.7 Å². The van der Waals surface area contributed by atoms with E-state index in [-0.39, 0.29) is 39.3 Å². The summed E-state index contributed by atoms with van der Waals surface area (Å²) in [6, 6.07) is 12.2. The van der Waals surface area contributed by atoms with Crippen LogP contribution in [0.3, 0.4) is 0 Å². The summed E-state index contributed by atoms with van der Waals surface area (Å²) < 4.78 is 1.19. The zero-order valence-corrected chi connectivity index (χ0v) is 18.7. The number of nitriles is 2. The summed E-state index contributed by atoms with van der Waals surface area (Å²) in [6.45, 7) is 11.9. The lowest BCUT2D eigenvalue weighted by molar-refractivity contribution is 0.432. The number of nitrogens with zero attached hydrogens (tertiary/aromatic N) is 7. The van der Waals surface area contributed by atoms with E-state index < -0.39 is 5.41 Å². The number of pyridine rings is 1. The minimum absolute atomic E-state index is 0.0101. The second-order valence-corrected chi connectivity index (χ2v) is 8.62. The number of hydrogen-bond donors (Lipinski definition) is 1. The predicted molar refractivity (Wildman–Crippen MR) is 120 cm³/mol. The number of rotatable bonds is 2. The third-order valence-electron chi connectivity index (χ3n) is 5.90. The molecule has 160 valence electrons. The Balaban J connectivity index is 2.12. The van der Waals surface area contributed by atoms with Crippen molar-refractivity contribution in [1.82, 2.24) is 14.6 Å². The van der Waals surface area contributed by atoms with E-state index >= 15 is 0 Å². The molecule has 3 aromatic rings. The number of benzene rings is 1. The van der Waals surface area contributed by atoms with Crippen LogP contribution in [0.25, 0.3) is 12.2 Å². The number of allylic oxidation sites excluding steroid dienone is 2. The lowest BCUT2D eigenvalue weighted by atomic mass is 9.83. The minimum atomic E-state index is -0.469. The van der Waals surface area contributed by atoms with E-state index in [1.807, 2.05) is 70.0 Å². The van der Waals surface area contributed by atoms with E-state index in [0.29, 0.717) is 5.82 Å². The van der Waals surface area contributed by atoms with Crippen molar-refractivity contribution in [3.05, 3.63) is 63.2 Å². The molecule has 0 saturated heterocycles. The first-order chi connectivity index (χ1) is 15.1. The summed E-state index contributed by atoms with van der Waals surface area (Å²) in [7, 11) is 1.90. The van der Waals surface area contributed by atoms with E-state index in [0.717, 1.165) is 16.9 Å². The largest absolute Gasteiger partial charge is 0.492 e. The lowest BCUT2D eigenvalue weighted by Crippen LogP contribution is -2.31. The number of anilines is 1. The highest BCUT2D eigenvalue weighted by atomic mass is 16.3. The SMILES string of the molecule is C=c1c(C#N)c(O)n2nc(C(C)C)nc2c1=NC(C#N)=C1N(C)c2ccccc2C1(C)C. The van der Waals surface area contributed by atoms with Crippen molar-refractivity contribution < 1.29 is 5.11 Å². The summed E-state index contributed by atoms with van der Waals surface area (Å²) in [5, 5.41) is 35.1. The Labute approximate surface area is 185 Å². The molecule has 8 heteroatoms. The number of aromatic nitrogens is 3. The fraction of sp³-hybridized carbons (Fsp3) is 0.292. The molecule has 0 spiro atoms. The van der Waals surface area contributed by atoms with Gasteiger partial charge in [-0.25, -0.2) is 9.98 Å². The highest BCUT2D eigenvalue weighted by Gasteiger charge is 2.40. The van der Waals surface area contributed by atoms with Crippen molar-refractivity contribution in [3.63, 3.8) is 0 Å². The highest BCUT2D eigenvalue weighted by Crippen LogP contribution is 2.47. The molecule has 4 rings (SSSR count). The molecule has 0 amide bonds. The van der Waals surface area contributed by atoms with Crippen LogP contribution >= 0.6 is 0 Å². The first-order valence-corrected chi connectivity index (χ1v) is 10.2. The average Bonchev–Trinajstić information content (AvgIpc) is 3.29. The zero-order chi connectivity index (χ0) is 23.4. The normalized spacial score (nSPS) is 16.9. The van der Waals surface area contributed by atoms with Crippen LogP contribution in [0.5, 0.6) is 5.88 Å². The highest BCUT2D eigenvalue weighted by molar-refractivity contribution is 5.71. The monoisotopic (exact) mass is 425 g/mol. The van der Waals surface area contributed by atoms with Crippen LogP contribution in [0, 0.1) is 22.7 Å². The van der Waals surface area contributed by atoms with Crippen molar-refractivity contribution in [1.29, 1.82) is 10.5 Å². The molecule has 3 heterocycles. The number of hydrogen-bond acceptors (Lipinski definition) is 7. The molecule has 2 aromatic heterocycles. The van der Waals surface area contributed by atoms with Crippen molar-refractivity contribution in [2.24, 2.45) is 4.99 Å². The van der Waals surface area contributed by atoms with Crippen LogP contribution in [-0.4, -0.2) is 26.8 Å². The maximum atomic E-state index is 10.6. The second-order valence-electron chi connectivity index (χ2n) is 8.62. The molecule has 32 heavy (non-hydrogen) atoms. The summed E-state index contributed by atoms with van der Waals surface area (Å²) in [5.74, 6) is 0.134. The van der Waals surface area contributed by atoms with Crippen LogP contribution in [0.4, 0.5) is 5.69 Å². The van der Waals surface area contributed by atoms with Gasteiger partial charge in [-0.3, -0.25) is 0 Å². The van der Waals surface area contributed by atoms with Gasteiger partial charge in [0.1, 0.15) is 23.1 Å². The van der Waals surface area contributed by atoms with Crippen LogP contribution in [0.1, 0.15) is 50.6 Å². The summed E-state index contributed by atoms with van der Waals surface area (Å²) in [5.41, 5.74) is 2.74. The Kier molecular flexibility index (Phi) is 4.75. The van der Waals surface area contributed by atoms with Crippen molar-refractivity contribution >= 4 is 17.9 Å². The van der Waals surface area contributed by atoms with E-state index in [1.54, 1.807) is 0 Å². The van der Waals surface area contributed by atoms with Crippen LogP contribution in [-0.2, 0) is 5.41 Å². The van der Waals surface area contributed by atoms with Crippen LogP contribution in [0.2, 0.25) is 0 Å². The fourth-order valence-electron chi connectivity index (χ4n) is 4.26. The fourth-order valence-corrected chi connectivity index (χ4v) is 4.26. The molecule has 0 atom stereocenters. The van der Waals surface area contributed by atoms with E-state index in [9.17, 15) is 15.6 Å². The van der Waals surface area contributed by atoms with Crippen LogP contribution < -0.4 is 15.5 Å². The standard InChI is InChI=1S/C24H23N7O/c1-13(2)21-28-22-19(14(3)15(11-25)23(32)31(22)29-21)27-17(12-26)20-24(4,5)16-9-7-8-10-18(16)30(20)6/h7-10,13,32H,3H2,1-2,4-6H3. The van der Waals surface area contributed by atoms with Crippen molar-refractivity contribution in [2.75, 3.05) is 11.9 Å². The first kappa shape index (κ1) is 21.1. The van der Waals surface area contributed by atoms with Crippen LogP contribution in [0.15, 0.2) is 40.7 Å². The molecule has 0 aliphatic carbocycles. The van der Waals surface area contributed by atoms with Gasteiger partial charge < -0.3 is 10.0 Å². The smallest absolute Gasteiger partial charge is 0.233 e. The lowest BCUT2D eigenvalue weighted by Gasteiger charge is -2.24. The second kappa shape index (κ2) is 7.21. The molecule has 1 aliphatic heterocycles. The van der Waals surface area contributed by atoms with E-state index in [4.69, 9.17) is 0 Å². The summed E-state index contributed by atoms with van der Waals surface area (Å²) in [6.07, 6.45) is 0. The molecule has 0 fully saturated rings.